The molecule has 2 fully saturated rings. The Morgan fingerprint density at radius 2 is 1.85 bits per heavy atom. The van der Waals surface area contributed by atoms with Crippen LogP contribution in [0.5, 0.6) is 0 Å². The van der Waals surface area contributed by atoms with Crippen molar-refractivity contribution in [2.75, 3.05) is 31.1 Å². The van der Waals surface area contributed by atoms with Gasteiger partial charge in [-0.2, -0.15) is 0 Å². The van der Waals surface area contributed by atoms with E-state index in [2.05, 4.69) is 30.2 Å². The van der Waals surface area contributed by atoms with E-state index in [1.54, 1.807) is 6.07 Å². The van der Waals surface area contributed by atoms with Gasteiger partial charge in [0, 0.05) is 43.8 Å². The van der Waals surface area contributed by atoms with Crippen LogP contribution < -0.4 is 10.3 Å². The van der Waals surface area contributed by atoms with Gasteiger partial charge in [0.25, 0.3) is 0 Å². The number of benzene rings is 1. The maximum absolute atomic E-state index is 14.8. The van der Waals surface area contributed by atoms with Gasteiger partial charge < -0.3 is 14.6 Å². The second-order valence-electron chi connectivity index (χ2n) is 7.01. The zero-order valence-electron chi connectivity index (χ0n) is 14.5. The highest BCUT2D eigenvalue weighted by Crippen LogP contribution is 2.38. The summed E-state index contributed by atoms with van der Waals surface area (Å²) in [7, 11) is 0. The number of anilines is 1. The molecule has 2 heterocycles. The molecule has 0 unspecified atom stereocenters. The Labute approximate surface area is 166 Å². The molecule has 0 amide bonds. The van der Waals surface area contributed by atoms with Crippen LogP contribution in [-0.2, 0) is 0 Å². The number of carbonyl (C=O) groups is 1. The number of nitrogens with zero attached hydrogens (tertiary/aromatic N) is 3. The fraction of sp³-hybridized carbons (Fsp3) is 0.444. The predicted molar refractivity (Wildman–Crippen MR) is 109 cm³/mol. The van der Waals surface area contributed by atoms with Crippen LogP contribution >= 0.6 is 25.3 Å². The Morgan fingerprint density at radius 1 is 1.19 bits per heavy atom. The van der Waals surface area contributed by atoms with Gasteiger partial charge in [-0.05, 0) is 25.0 Å². The van der Waals surface area contributed by atoms with Crippen LogP contribution in [0.2, 0.25) is 0 Å². The average Bonchev–Trinajstić information content (AvgIpc) is 3.47. The van der Waals surface area contributed by atoms with Crippen LogP contribution in [-0.4, -0.2) is 51.4 Å². The number of rotatable bonds is 4. The molecule has 1 N–H and O–H groups in total. The van der Waals surface area contributed by atoms with Gasteiger partial charge in [-0.1, -0.05) is 0 Å². The summed E-state index contributed by atoms with van der Waals surface area (Å²) in [6.45, 7) is 2.67. The fourth-order valence-electron chi connectivity index (χ4n) is 3.60. The number of hydrogen-bond donors (Lipinski definition) is 3. The molecule has 1 saturated heterocycles. The normalized spacial score (nSPS) is 18.4. The van der Waals surface area contributed by atoms with Crippen molar-refractivity contribution in [2.45, 2.75) is 23.6 Å². The molecular weight excluding hydrogens is 389 g/mol. The van der Waals surface area contributed by atoms with Crippen LogP contribution in [0.25, 0.3) is 10.9 Å². The van der Waals surface area contributed by atoms with E-state index in [-0.39, 0.29) is 21.7 Å². The molecule has 27 heavy (non-hydrogen) atoms. The van der Waals surface area contributed by atoms with E-state index in [9.17, 15) is 19.1 Å². The number of thiol groups is 2. The summed E-state index contributed by atoms with van der Waals surface area (Å²) in [6.07, 6.45) is 3.25. The molecular formula is C18H20FN3O3S2. The third-order valence-electron chi connectivity index (χ3n) is 5.25. The summed E-state index contributed by atoms with van der Waals surface area (Å²) in [5.41, 5.74) is 0.0722. The SMILES string of the molecule is O=C(O)c1cn(C2CC2)c2cc(N3CCN(C(S)S)CC3)c(F)cc2c1=O. The van der Waals surface area contributed by atoms with Crippen molar-refractivity contribution in [3.63, 3.8) is 0 Å². The third kappa shape index (κ3) is 3.43. The van der Waals surface area contributed by atoms with Crippen LogP contribution in [0.3, 0.4) is 0 Å². The van der Waals surface area contributed by atoms with Crippen molar-refractivity contribution in [3.8, 4) is 0 Å². The lowest BCUT2D eigenvalue weighted by Gasteiger charge is -2.37. The van der Waals surface area contributed by atoms with Crippen molar-refractivity contribution in [1.82, 2.24) is 9.47 Å². The fourth-order valence-corrected chi connectivity index (χ4v) is 4.06. The lowest BCUT2D eigenvalue weighted by atomic mass is 10.1. The summed E-state index contributed by atoms with van der Waals surface area (Å²) in [5.74, 6) is -1.80. The molecule has 0 atom stereocenters. The summed E-state index contributed by atoms with van der Waals surface area (Å²) < 4.78 is 16.5. The molecule has 2 aromatic rings. The van der Waals surface area contributed by atoms with Gasteiger partial charge in [0.2, 0.25) is 5.43 Å². The molecule has 0 bridgehead atoms. The highest BCUT2D eigenvalue weighted by Gasteiger charge is 2.28. The first-order valence-electron chi connectivity index (χ1n) is 8.83. The molecule has 1 aromatic carbocycles. The van der Waals surface area contributed by atoms with E-state index >= 15 is 0 Å². The lowest BCUT2D eigenvalue weighted by molar-refractivity contribution is 0.0695. The number of pyridine rings is 1. The average molecular weight is 410 g/mol. The second-order valence-corrected chi connectivity index (χ2v) is 8.39. The minimum atomic E-state index is -1.29. The first-order chi connectivity index (χ1) is 12.9. The largest absolute Gasteiger partial charge is 0.477 e. The van der Waals surface area contributed by atoms with Crippen LogP contribution in [0.1, 0.15) is 29.2 Å². The Kier molecular flexibility index (Phi) is 4.85. The number of fused-ring (bicyclic) bond motifs is 1. The van der Waals surface area contributed by atoms with Crippen LogP contribution in [0, 0.1) is 5.82 Å². The Hall–Kier alpha value is -1.71. The molecule has 2 aliphatic rings. The minimum Gasteiger partial charge on any atom is -0.477 e. The second kappa shape index (κ2) is 7.03. The highest BCUT2D eigenvalue weighted by molar-refractivity contribution is 7.99. The maximum atomic E-state index is 14.8. The van der Waals surface area contributed by atoms with E-state index < -0.39 is 17.2 Å². The Bertz CT molecular complexity index is 966. The number of carboxylic acids is 1. The number of halogens is 1. The van der Waals surface area contributed by atoms with Gasteiger partial charge in [-0.25, -0.2) is 9.18 Å². The predicted octanol–water partition coefficient (Wildman–Crippen LogP) is 2.44. The number of carboxylic acid groups (broad SMARTS) is 1. The van der Waals surface area contributed by atoms with Crippen LogP contribution in [0.4, 0.5) is 10.1 Å². The maximum Gasteiger partial charge on any atom is 0.341 e. The number of aromatic carboxylic acids is 1. The summed E-state index contributed by atoms with van der Waals surface area (Å²) in [6, 6.07) is 3.03. The molecule has 144 valence electrons. The topological polar surface area (TPSA) is 65.8 Å². The zero-order valence-corrected chi connectivity index (χ0v) is 16.3. The monoisotopic (exact) mass is 409 g/mol. The van der Waals surface area contributed by atoms with Gasteiger partial charge in [-0.3, -0.25) is 9.69 Å². The number of aromatic nitrogens is 1. The van der Waals surface area contributed by atoms with Gasteiger partial charge in [0.05, 0.1) is 15.9 Å². The molecule has 9 heteroatoms. The quantitative estimate of drug-likeness (QED) is 0.535. The van der Waals surface area contributed by atoms with E-state index in [0.29, 0.717) is 37.4 Å². The molecule has 1 aromatic heterocycles. The van der Waals surface area contributed by atoms with E-state index in [1.807, 2.05) is 9.47 Å². The Morgan fingerprint density at radius 3 is 2.41 bits per heavy atom. The summed E-state index contributed by atoms with van der Waals surface area (Å²) in [4.78, 5) is 28.0. The Balaban J connectivity index is 1.79. The number of piperazine rings is 1. The summed E-state index contributed by atoms with van der Waals surface area (Å²) >= 11 is 8.64. The molecule has 1 saturated carbocycles. The van der Waals surface area contributed by atoms with E-state index in [0.717, 1.165) is 12.8 Å². The summed E-state index contributed by atoms with van der Waals surface area (Å²) in [5, 5.41) is 9.43. The van der Waals surface area contributed by atoms with Crippen molar-refractivity contribution in [2.24, 2.45) is 0 Å². The zero-order chi connectivity index (χ0) is 19.3. The molecule has 1 aliphatic heterocycles. The highest BCUT2D eigenvalue weighted by atomic mass is 32.2. The third-order valence-corrected chi connectivity index (χ3v) is 5.91. The van der Waals surface area contributed by atoms with Crippen LogP contribution in [0.15, 0.2) is 23.1 Å². The number of hydrogen-bond acceptors (Lipinski definition) is 6. The molecule has 6 nitrogen and oxygen atoms in total. The van der Waals surface area contributed by atoms with Crippen molar-refractivity contribution in [3.05, 3.63) is 39.9 Å². The molecule has 4 rings (SSSR count). The lowest BCUT2D eigenvalue weighted by Crippen LogP contribution is -2.48. The van der Waals surface area contributed by atoms with E-state index in [1.165, 1.54) is 12.3 Å². The van der Waals surface area contributed by atoms with Crippen molar-refractivity contribution in [1.29, 1.82) is 0 Å². The van der Waals surface area contributed by atoms with Gasteiger partial charge in [-0.15, -0.1) is 25.3 Å². The van der Waals surface area contributed by atoms with Crippen molar-refractivity contribution < 1.29 is 14.3 Å². The molecule has 0 spiro atoms. The van der Waals surface area contributed by atoms with Gasteiger partial charge in [0.1, 0.15) is 11.4 Å². The van der Waals surface area contributed by atoms with Gasteiger partial charge in [0.15, 0.2) is 0 Å². The van der Waals surface area contributed by atoms with Crippen molar-refractivity contribution >= 4 is 47.8 Å². The first-order valence-corrected chi connectivity index (χ1v) is 9.87. The van der Waals surface area contributed by atoms with E-state index in [4.69, 9.17) is 0 Å². The smallest absolute Gasteiger partial charge is 0.341 e. The van der Waals surface area contributed by atoms with Gasteiger partial charge >= 0.3 is 5.97 Å². The molecule has 1 aliphatic carbocycles. The first kappa shape index (κ1) is 18.6. The molecule has 0 radical (unpaired) electrons. The standard InChI is InChI=1S/C18H20FN3O3S2/c19-13-7-11-14(8-15(13)20-3-5-21(6-4-20)18(26)27)22(10-1-2-10)9-12(16(11)23)17(24)25/h7-10,18,26-27H,1-6H2,(H,24,25). The minimum absolute atomic E-state index is 0.118.